The molecule has 1 aromatic carbocycles. The molecular formula is C17H17ClN2O2. The number of rotatable bonds is 5. The summed E-state index contributed by atoms with van der Waals surface area (Å²) >= 11 is 6.15. The summed E-state index contributed by atoms with van der Waals surface area (Å²) < 4.78 is 0. The maximum Gasteiger partial charge on any atom is 0.254 e. The summed E-state index contributed by atoms with van der Waals surface area (Å²) in [6.07, 6.45) is 1.65. The molecule has 1 N–H and O–H groups in total. The number of pyridine rings is 1. The maximum absolute atomic E-state index is 12.6. The van der Waals surface area contributed by atoms with Gasteiger partial charge in [-0.05, 0) is 24.6 Å². The van der Waals surface area contributed by atoms with E-state index in [4.69, 9.17) is 11.6 Å². The van der Waals surface area contributed by atoms with Gasteiger partial charge < -0.3 is 9.88 Å². The Kier molecular flexibility index (Phi) is 5.17. The number of amides is 1. The lowest BCUT2D eigenvalue weighted by Crippen LogP contribution is -2.31. The minimum absolute atomic E-state index is 0.228. The van der Waals surface area contributed by atoms with Crippen molar-refractivity contribution in [1.29, 1.82) is 0 Å². The molecule has 22 heavy (non-hydrogen) atoms. The van der Waals surface area contributed by atoms with Crippen molar-refractivity contribution in [3.8, 4) is 0 Å². The van der Waals surface area contributed by atoms with Gasteiger partial charge in [-0.3, -0.25) is 9.59 Å². The molecule has 0 fully saturated rings. The number of nitrogens with one attached hydrogen (secondary N) is 1. The van der Waals surface area contributed by atoms with Crippen molar-refractivity contribution in [3.63, 3.8) is 0 Å². The van der Waals surface area contributed by atoms with Crippen LogP contribution in [0.15, 0.2) is 53.8 Å². The molecule has 0 unspecified atom stereocenters. The number of aromatic amines is 1. The lowest BCUT2D eigenvalue weighted by atomic mass is 10.1. The van der Waals surface area contributed by atoms with Crippen LogP contribution in [0, 0.1) is 6.92 Å². The fourth-order valence-corrected chi connectivity index (χ4v) is 2.39. The van der Waals surface area contributed by atoms with Crippen molar-refractivity contribution in [1.82, 2.24) is 9.88 Å². The van der Waals surface area contributed by atoms with Crippen molar-refractivity contribution in [2.75, 3.05) is 6.54 Å². The zero-order chi connectivity index (χ0) is 16.1. The first-order chi connectivity index (χ1) is 10.5. The van der Waals surface area contributed by atoms with Gasteiger partial charge in [-0.1, -0.05) is 35.9 Å². The highest BCUT2D eigenvalue weighted by Crippen LogP contribution is 2.18. The van der Waals surface area contributed by atoms with Gasteiger partial charge >= 0.3 is 0 Å². The van der Waals surface area contributed by atoms with E-state index in [1.807, 2.05) is 18.2 Å². The molecule has 0 aliphatic carbocycles. The van der Waals surface area contributed by atoms with Crippen LogP contribution in [0.2, 0.25) is 5.02 Å². The zero-order valence-electron chi connectivity index (χ0n) is 12.3. The summed E-state index contributed by atoms with van der Waals surface area (Å²) in [5, 5.41) is 0.603. The predicted octanol–water partition coefficient (Wildman–Crippen LogP) is 3.17. The fraction of sp³-hybridized carbons (Fsp3) is 0.176. The Morgan fingerprint density at radius 1 is 1.36 bits per heavy atom. The van der Waals surface area contributed by atoms with E-state index in [0.717, 1.165) is 5.56 Å². The Hall–Kier alpha value is -2.33. The molecular weight excluding hydrogens is 300 g/mol. The Bertz CT molecular complexity index is 752. The molecule has 1 amide bonds. The summed E-state index contributed by atoms with van der Waals surface area (Å²) in [6, 6.07) is 10.3. The summed E-state index contributed by atoms with van der Waals surface area (Å²) in [5.41, 5.74) is 1.56. The Balaban J connectivity index is 2.31. The van der Waals surface area contributed by atoms with E-state index in [0.29, 0.717) is 29.4 Å². The highest BCUT2D eigenvalue weighted by atomic mass is 35.5. The minimum Gasteiger partial charge on any atom is -0.331 e. The molecule has 0 saturated carbocycles. The molecule has 0 spiro atoms. The number of hydrogen-bond acceptors (Lipinski definition) is 2. The third-order valence-electron chi connectivity index (χ3n) is 3.18. The van der Waals surface area contributed by atoms with Crippen molar-refractivity contribution >= 4 is 17.5 Å². The molecule has 0 saturated heterocycles. The molecule has 0 aliphatic rings. The topological polar surface area (TPSA) is 53.2 Å². The molecule has 0 aliphatic heterocycles. The quantitative estimate of drug-likeness (QED) is 0.861. The number of aromatic nitrogens is 1. The van der Waals surface area contributed by atoms with Gasteiger partial charge in [-0.15, -0.1) is 6.58 Å². The SMILES string of the molecule is C=CCN(Cc1ccccc1Cl)C(=O)c1cc(C)[nH]c(=O)c1. The standard InChI is InChI=1S/C17H17ClN2O2/c1-3-8-20(11-13-6-4-5-7-15(13)18)17(22)14-9-12(2)19-16(21)10-14/h3-7,9-10H,1,8,11H2,2H3,(H,19,21). The van der Waals surface area contributed by atoms with Gasteiger partial charge in [0.15, 0.2) is 0 Å². The van der Waals surface area contributed by atoms with E-state index in [1.54, 1.807) is 30.0 Å². The number of halogens is 1. The van der Waals surface area contributed by atoms with E-state index in [1.165, 1.54) is 6.07 Å². The number of aryl methyl sites for hydroxylation is 1. The minimum atomic E-state index is -0.292. The van der Waals surface area contributed by atoms with Crippen LogP contribution in [0.5, 0.6) is 0 Å². The Labute approximate surface area is 134 Å². The van der Waals surface area contributed by atoms with Gasteiger partial charge in [0.25, 0.3) is 5.91 Å². The molecule has 1 heterocycles. The van der Waals surface area contributed by atoms with Crippen LogP contribution < -0.4 is 5.56 Å². The third kappa shape index (κ3) is 3.86. The number of nitrogens with zero attached hydrogens (tertiary/aromatic N) is 1. The van der Waals surface area contributed by atoms with Gasteiger partial charge in [0, 0.05) is 35.4 Å². The average Bonchev–Trinajstić information content (AvgIpc) is 2.47. The summed E-state index contributed by atoms with van der Waals surface area (Å²) in [6.45, 7) is 6.15. The van der Waals surface area contributed by atoms with E-state index in [2.05, 4.69) is 11.6 Å². The van der Waals surface area contributed by atoms with Crippen molar-refractivity contribution in [2.24, 2.45) is 0 Å². The first kappa shape index (κ1) is 16.0. The van der Waals surface area contributed by atoms with E-state index < -0.39 is 0 Å². The van der Waals surface area contributed by atoms with E-state index in [9.17, 15) is 9.59 Å². The lowest BCUT2D eigenvalue weighted by Gasteiger charge is -2.22. The summed E-state index contributed by atoms with van der Waals surface area (Å²) in [4.78, 5) is 28.4. The largest absolute Gasteiger partial charge is 0.331 e. The number of carbonyl (C=O) groups excluding carboxylic acids is 1. The van der Waals surface area contributed by atoms with Crippen LogP contribution in [-0.2, 0) is 6.54 Å². The molecule has 0 radical (unpaired) electrons. The predicted molar refractivity (Wildman–Crippen MR) is 88.2 cm³/mol. The number of carbonyl (C=O) groups is 1. The van der Waals surface area contributed by atoms with Crippen molar-refractivity contribution in [3.05, 3.63) is 81.3 Å². The Morgan fingerprint density at radius 2 is 2.09 bits per heavy atom. The molecule has 5 heteroatoms. The normalized spacial score (nSPS) is 10.3. The van der Waals surface area contributed by atoms with Gasteiger partial charge in [-0.2, -0.15) is 0 Å². The fourth-order valence-electron chi connectivity index (χ4n) is 2.20. The van der Waals surface area contributed by atoms with E-state index in [-0.39, 0.29) is 11.5 Å². The second-order valence-corrected chi connectivity index (χ2v) is 5.39. The van der Waals surface area contributed by atoms with Crippen LogP contribution in [-0.4, -0.2) is 22.3 Å². The zero-order valence-corrected chi connectivity index (χ0v) is 13.1. The van der Waals surface area contributed by atoms with E-state index >= 15 is 0 Å². The van der Waals surface area contributed by atoms with Crippen molar-refractivity contribution < 1.29 is 4.79 Å². The first-order valence-electron chi connectivity index (χ1n) is 6.86. The number of H-pyrrole nitrogens is 1. The number of benzene rings is 1. The molecule has 0 atom stereocenters. The van der Waals surface area contributed by atoms with Gasteiger partial charge in [0.05, 0.1) is 0 Å². The maximum atomic E-state index is 12.6. The second kappa shape index (κ2) is 7.09. The molecule has 2 aromatic rings. The first-order valence-corrected chi connectivity index (χ1v) is 7.23. The Morgan fingerprint density at radius 3 is 2.73 bits per heavy atom. The summed E-state index contributed by atoms with van der Waals surface area (Å²) in [7, 11) is 0. The molecule has 0 bridgehead atoms. The lowest BCUT2D eigenvalue weighted by molar-refractivity contribution is 0.0762. The van der Waals surface area contributed by atoms with Crippen LogP contribution in [0.4, 0.5) is 0 Å². The van der Waals surface area contributed by atoms with Gasteiger partial charge in [0.1, 0.15) is 0 Å². The van der Waals surface area contributed by atoms with Crippen LogP contribution in [0.1, 0.15) is 21.6 Å². The number of hydrogen-bond donors (Lipinski definition) is 1. The van der Waals surface area contributed by atoms with Crippen LogP contribution in [0.3, 0.4) is 0 Å². The van der Waals surface area contributed by atoms with Gasteiger partial charge in [0.2, 0.25) is 5.56 Å². The highest BCUT2D eigenvalue weighted by molar-refractivity contribution is 6.31. The van der Waals surface area contributed by atoms with Crippen LogP contribution in [0.25, 0.3) is 0 Å². The van der Waals surface area contributed by atoms with Gasteiger partial charge in [-0.25, -0.2) is 0 Å². The van der Waals surface area contributed by atoms with Crippen LogP contribution >= 0.6 is 11.6 Å². The smallest absolute Gasteiger partial charge is 0.254 e. The molecule has 4 nitrogen and oxygen atoms in total. The summed E-state index contributed by atoms with van der Waals surface area (Å²) in [5.74, 6) is -0.228. The van der Waals surface area contributed by atoms with Crippen molar-refractivity contribution in [2.45, 2.75) is 13.5 Å². The average molecular weight is 317 g/mol. The molecule has 114 valence electrons. The second-order valence-electron chi connectivity index (χ2n) is 4.98. The highest BCUT2D eigenvalue weighted by Gasteiger charge is 2.17. The molecule has 2 rings (SSSR count). The molecule has 1 aromatic heterocycles. The third-order valence-corrected chi connectivity index (χ3v) is 3.55. The monoisotopic (exact) mass is 316 g/mol.